The number of aliphatic hydroxyl groups excluding tert-OH is 1. The number of carbonyl (C=O) groups excluding carboxylic acids is 2. The van der Waals surface area contributed by atoms with Gasteiger partial charge in [-0.25, -0.2) is 0 Å². The summed E-state index contributed by atoms with van der Waals surface area (Å²) in [5.41, 5.74) is 0. The number of hydrogen-bond donors (Lipinski definition) is 1. The molecule has 0 radical (unpaired) electrons. The Morgan fingerprint density at radius 2 is 1.95 bits per heavy atom. The molecule has 1 saturated carbocycles. The van der Waals surface area contributed by atoms with Crippen molar-refractivity contribution < 1.29 is 14.7 Å². The summed E-state index contributed by atoms with van der Waals surface area (Å²) < 4.78 is 0. The molecule has 1 aliphatic carbocycles. The molecule has 0 spiro atoms. The quantitative estimate of drug-likeness (QED) is 0.805. The lowest BCUT2D eigenvalue weighted by Gasteiger charge is -2.36. The van der Waals surface area contributed by atoms with Crippen molar-refractivity contribution in [2.45, 2.75) is 50.7 Å². The van der Waals surface area contributed by atoms with E-state index >= 15 is 0 Å². The van der Waals surface area contributed by atoms with Gasteiger partial charge in [0.1, 0.15) is 5.78 Å². The Bertz CT molecular complexity index is 336. The Morgan fingerprint density at radius 3 is 2.58 bits per heavy atom. The highest BCUT2D eigenvalue weighted by Gasteiger charge is 2.29. The average Bonchev–Trinajstić information content (AvgIpc) is 2.39. The van der Waals surface area contributed by atoms with Crippen molar-refractivity contribution in [3.8, 4) is 0 Å². The van der Waals surface area contributed by atoms with Crippen molar-refractivity contribution in [1.29, 1.82) is 0 Å². The van der Waals surface area contributed by atoms with Gasteiger partial charge in [-0.15, -0.1) is 0 Å². The summed E-state index contributed by atoms with van der Waals surface area (Å²) in [6, 6.07) is 0.101. The van der Waals surface area contributed by atoms with Crippen LogP contribution in [0.3, 0.4) is 0 Å². The Balaban J connectivity index is 1.82. The zero-order valence-corrected chi connectivity index (χ0v) is 11.7. The molecule has 5 nitrogen and oxygen atoms in total. The molecule has 1 N–H and O–H groups in total. The number of amides is 1. The van der Waals surface area contributed by atoms with Gasteiger partial charge in [0.25, 0.3) is 0 Å². The molecule has 2 atom stereocenters. The molecule has 1 aliphatic heterocycles. The molecule has 108 valence electrons. The van der Waals surface area contributed by atoms with Gasteiger partial charge >= 0.3 is 0 Å². The fourth-order valence-electron chi connectivity index (χ4n) is 3.04. The van der Waals surface area contributed by atoms with Gasteiger partial charge in [-0.2, -0.15) is 0 Å². The lowest BCUT2D eigenvalue weighted by Crippen LogP contribution is -2.49. The van der Waals surface area contributed by atoms with Gasteiger partial charge in [0, 0.05) is 32.0 Å². The maximum atomic E-state index is 12.2. The van der Waals surface area contributed by atoms with E-state index < -0.39 is 0 Å². The van der Waals surface area contributed by atoms with E-state index in [2.05, 4.69) is 0 Å². The lowest BCUT2D eigenvalue weighted by molar-refractivity contribution is -0.136. The second kappa shape index (κ2) is 6.48. The summed E-state index contributed by atoms with van der Waals surface area (Å²) in [7, 11) is 1.91. The number of piperidine rings is 1. The van der Waals surface area contributed by atoms with Crippen molar-refractivity contribution in [3.05, 3.63) is 0 Å². The van der Waals surface area contributed by atoms with Gasteiger partial charge in [0.05, 0.1) is 12.6 Å². The predicted molar refractivity (Wildman–Crippen MR) is 71.7 cm³/mol. The summed E-state index contributed by atoms with van der Waals surface area (Å²) in [4.78, 5) is 27.1. The van der Waals surface area contributed by atoms with Crippen LogP contribution in [0.25, 0.3) is 0 Å². The largest absolute Gasteiger partial charge is 0.391 e. The van der Waals surface area contributed by atoms with E-state index in [9.17, 15) is 14.7 Å². The van der Waals surface area contributed by atoms with E-state index in [0.717, 1.165) is 25.7 Å². The van der Waals surface area contributed by atoms with Crippen LogP contribution >= 0.6 is 0 Å². The van der Waals surface area contributed by atoms with Gasteiger partial charge < -0.3 is 10.0 Å². The molecule has 0 aromatic carbocycles. The van der Waals surface area contributed by atoms with E-state index in [1.54, 1.807) is 4.90 Å². The molecule has 1 amide bonds. The third-order valence-electron chi connectivity index (χ3n) is 4.32. The highest BCUT2D eigenvalue weighted by Crippen LogP contribution is 2.22. The molecule has 1 heterocycles. The summed E-state index contributed by atoms with van der Waals surface area (Å²) in [5.74, 6) is 0.327. The van der Waals surface area contributed by atoms with E-state index in [4.69, 9.17) is 0 Å². The normalized spacial score (nSPS) is 28.8. The highest BCUT2D eigenvalue weighted by atomic mass is 16.3. The Hall–Kier alpha value is -0.940. The summed E-state index contributed by atoms with van der Waals surface area (Å²) in [5, 5.41) is 9.99. The van der Waals surface area contributed by atoms with E-state index in [1.807, 2.05) is 11.9 Å². The minimum Gasteiger partial charge on any atom is -0.391 e. The molecule has 19 heavy (non-hydrogen) atoms. The molecule has 0 bridgehead atoms. The summed E-state index contributed by atoms with van der Waals surface area (Å²) in [6.07, 6.45) is 4.66. The molecule has 2 rings (SSSR count). The first kappa shape index (κ1) is 14.5. The first-order chi connectivity index (χ1) is 9.08. The van der Waals surface area contributed by atoms with E-state index in [1.165, 1.54) is 0 Å². The number of hydrogen-bond acceptors (Lipinski definition) is 4. The predicted octanol–water partition coefficient (Wildman–Crippen LogP) is 0.413. The zero-order chi connectivity index (χ0) is 13.8. The van der Waals surface area contributed by atoms with Crippen molar-refractivity contribution in [3.63, 3.8) is 0 Å². The van der Waals surface area contributed by atoms with Gasteiger partial charge in [0.2, 0.25) is 5.91 Å². The molecule has 0 aromatic rings. The molecule has 0 aromatic heterocycles. The van der Waals surface area contributed by atoms with E-state index in [-0.39, 0.29) is 23.8 Å². The smallest absolute Gasteiger partial charge is 0.236 e. The number of Topliss-reactive ketones (excluding diaryl/α,β-unsaturated/α-hetero) is 1. The van der Waals surface area contributed by atoms with Gasteiger partial charge in [0.15, 0.2) is 0 Å². The van der Waals surface area contributed by atoms with E-state index in [0.29, 0.717) is 32.5 Å². The monoisotopic (exact) mass is 268 g/mol. The number of nitrogens with zero attached hydrogens (tertiary/aromatic N) is 2. The van der Waals surface area contributed by atoms with Crippen LogP contribution < -0.4 is 0 Å². The number of ketones is 1. The third-order valence-corrected chi connectivity index (χ3v) is 4.32. The van der Waals surface area contributed by atoms with Crippen LogP contribution in [-0.4, -0.2) is 65.4 Å². The first-order valence-corrected chi connectivity index (χ1v) is 7.25. The van der Waals surface area contributed by atoms with Crippen molar-refractivity contribution in [2.24, 2.45) is 0 Å². The second-order valence-electron chi connectivity index (χ2n) is 5.75. The summed E-state index contributed by atoms with van der Waals surface area (Å²) >= 11 is 0. The van der Waals surface area contributed by atoms with Crippen LogP contribution in [0.5, 0.6) is 0 Å². The van der Waals surface area contributed by atoms with Crippen molar-refractivity contribution in [1.82, 2.24) is 9.80 Å². The van der Waals surface area contributed by atoms with Crippen LogP contribution in [0.1, 0.15) is 38.5 Å². The Labute approximate surface area is 114 Å². The van der Waals surface area contributed by atoms with Crippen LogP contribution in [-0.2, 0) is 9.59 Å². The number of aliphatic hydroxyl groups is 1. The molecule has 5 heteroatoms. The van der Waals surface area contributed by atoms with Gasteiger partial charge in [-0.3, -0.25) is 14.5 Å². The number of likely N-dealkylation sites (tertiary alicyclic amines) is 1. The molecule has 2 unspecified atom stereocenters. The molecular formula is C14H24N2O3. The Kier molecular flexibility index (Phi) is 4.93. The van der Waals surface area contributed by atoms with Crippen molar-refractivity contribution in [2.75, 3.05) is 26.7 Å². The zero-order valence-electron chi connectivity index (χ0n) is 11.7. The molecule has 1 saturated heterocycles. The second-order valence-corrected chi connectivity index (χ2v) is 5.75. The standard InChI is InChI=1S/C14H24N2O3/c1-15(12-4-2-3-5-13(12)18)10-14(19)16-8-6-11(17)7-9-16/h12-13,18H,2-10H2,1H3. The number of rotatable bonds is 3. The Morgan fingerprint density at radius 1 is 1.32 bits per heavy atom. The third kappa shape index (κ3) is 3.76. The summed E-state index contributed by atoms with van der Waals surface area (Å²) in [6.45, 7) is 1.45. The topological polar surface area (TPSA) is 60.9 Å². The van der Waals surface area contributed by atoms with Crippen molar-refractivity contribution >= 4 is 11.7 Å². The number of likely N-dealkylation sites (N-methyl/N-ethyl adjacent to an activating group) is 1. The average molecular weight is 268 g/mol. The SMILES string of the molecule is CN(CC(=O)N1CCC(=O)CC1)C1CCCCC1O. The van der Waals surface area contributed by atoms with Gasteiger partial charge in [-0.1, -0.05) is 12.8 Å². The molecule has 2 aliphatic rings. The minimum absolute atomic E-state index is 0.0766. The van der Waals surface area contributed by atoms with Gasteiger partial charge in [-0.05, 0) is 19.9 Å². The van der Waals surface area contributed by atoms with Crippen LogP contribution in [0.4, 0.5) is 0 Å². The fourth-order valence-corrected chi connectivity index (χ4v) is 3.04. The molecule has 2 fully saturated rings. The van der Waals surface area contributed by atoms with Crippen LogP contribution in [0, 0.1) is 0 Å². The minimum atomic E-state index is -0.311. The highest BCUT2D eigenvalue weighted by molar-refractivity contribution is 5.84. The lowest BCUT2D eigenvalue weighted by atomic mass is 9.91. The van der Waals surface area contributed by atoms with Crippen LogP contribution in [0.15, 0.2) is 0 Å². The van der Waals surface area contributed by atoms with Crippen LogP contribution in [0.2, 0.25) is 0 Å². The fraction of sp³-hybridized carbons (Fsp3) is 0.857. The number of carbonyl (C=O) groups is 2. The first-order valence-electron chi connectivity index (χ1n) is 7.25. The maximum absolute atomic E-state index is 12.2. The molecular weight excluding hydrogens is 244 g/mol. The maximum Gasteiger partial charge on any atom is 0.236 e.